The third-order valence-electron chi connectivity index (χ3n) is 3.99. The van der Waals surface area contributed by atoms with Crippen LogP contribution in [0, 0.1) is 6.92 Å². The van der Waals surface area contributed by atoms with Crippen molar-refractivity contribution in [1.29, 1.82) is 0 Å². The van der Waals surface area contributed by atoms with Gasteiger partial charge in [0.15, 0.2) is 5.17 Å². The molecule has 1 aliphatic heterocycles. The monoisotopic (exact) mass is 312 g/mol. The molecular formula is C18H20N2OS. The van der Waals surface area contributed by atoms with E-state index in [1.165, 1.54) is 5.56 Å². The molecule has 0 saturated carbocycles. The van der Waals surface area contributed by atoms with Gasteiger partial charge in [-0.05, 0) is 49.6 Å². The summed E-state index contributed by atoms with van der Waals surface area (Å²) >= 11 is 1.62. The smallest absolute Gasteiger partial charge is 0.154 e. The van der Waals surface area contributed by atoms with Gasteiger partial charge in [0.1, 0.15) is 11.5 Å². The average molecular weight is 312 g/mol. The molecule has 0 fully saturated rings. The van der Waals surface area contributed by atoms with Crippen LogP contribution in [0.3, 0.4) is 0 Å². The number of para-hydroxylation sites is 1. The molecule has 114 valence electrons. The number of thioether (sulfide) groups is 1. The van der Waals surface area contributed by atoms with Gasteiger partial charge in [0, 0.05) is 5.75 Å². The van der Waals surface area contributed by atoms with Gasteiger partial charge in [0.05, 0.1) is 5.54 Å². The van der Waals surface area contributed by atoms with Crippen LogP contribution in [0.1, 0.15) is 24.5 Å². The predicted octanol–water partition coefficient (Wildman–Crippen LogP) is 4.45. The molecule has 1 heterocycles. The summed E-state index contributed by atoms with van der Waals surface area (Å²) in [6, 6.07) is 16.2. The molecule has 0 aliphatic carbocycles. The lowest BCUT2D eigenvalue weighted by Gasteiger charge is -2.29. The molecule has 22 heavy (non-hydrogen) atoms. The highest BCUT2D eigenvalue weighted by Gasteiger charge is 2.29. The summed E-state index contributed by atoms with van der Waals surface area (Å²) in [6.45, 7) is 4.18. The summed E-state index contributed by atoms with van der Waals surface area (Å²) in [7, 11) is 0. The number of amidine groups is 1. The fraction of sp³-hybridized carbons (Fsp3) is 0.278. The van der Waals surface area contributed by atoms with E-state index in [4.69, 9.17) is 10.5 Å². The van der Waals surface area contributed by atoms with E-state index in [9.17, 15) is 0 Å². The lowest BCUT2D eigenvalue weighted by molar-refractivity contribution is 0.469. The summed E-state index contributed by atoms with van der Waals surface area (Å²) in [5.41, 5.74) is 7.96. The summed E-state index contributed by atoms with van der Waals surface area (Å²) in [5, 5.41) is 0.675. The first kappa shape index (κ1) is 15.0. The van der Waals surface area contributed by atoms with Gasteiger partial charge in [-0.15, -0.1) is 0 Å². The molecule has 0 amide bonds. The van der Waals surface area contributed by atoms with Crippen LogP contribution in [-0.4, -0.2) is 10.9 Å². The standard InChI is InChI=1S/C18H20N2OS/c1-13-5-3-4-6-16(13)21-15-9-7-14(8-10-15)18(2)11-12-22-17(19)20-18/h3-10H,11-12H2,1-2H3,(H2,19,20). The first-order valence-corrected chi connectivity index (χ1v) is 8.37. The molecule has 3 rings (SSSR count). The summed E-state index contributed by atoms with van der Waals surface area (Å²) in [5.74, 6) is 2.73. The van der Waals surface area contributed by atoms with Gasteiger partial charge < -0.3 is 10.5 Å². The zero-order valence-electron chi connectivity index (χ0n) is 12.9. The molecule has 2 N–H and O–H groups in total. The molecule has 1 unspecified atom stereocenters. The molecule has 1 atom stereocenters. The lowest BCUT2D eigenvalue weighted by Crippen LogP contribution is -2.28. The molecule has 0 radical (unpaired) electrons. The van der Waals surface area contributed by atoms with Crippen molar-refractivity contribution in [3.63, 3.8) is 0 Å². The van der Waals surface area contributed by atoms with Crippen molar-refractivity contribution in [2.45, 2.75) is 25.8 Å². The van der Waals surface area contributed by atoms with E-state index in [-0.39, 0.29) is 5.54 Å². The normalized spacial score (nSPS) is 21.3. The largest absolute Gasteiger partial charge is 0.457 e. The van der Waals surface area contributed by atoms with Crippen LogP contribution >= 0.6 is 11.8 Å². The third-order valence-corrected chi connectivity index (χ3v) is 4.79. The second-order valence-corrected chi connectivity index (χ2v) is 6.83. The SMILES string of the molecule is Cc1ccccc1Oc1ccc(C2(C)CCSC(N)=N2)cc1. The van der Waals surface area contributed by atoms with E-state index in [0.29, 0.717) is 5.17 Å². The molecule has 0 saturated heterocycles. The molecular weight excluding hydrogens is 292 g/mol. The van der Waals surface area contributed by atoms with Crippen LogP contribution in [0.4, 0.5) is 0 Å². The Morgan fingerprint density at radius 3 is 2.55 bits per heavy atom. The molecule has 0 aromatic heterocycles. The van der Waals surface area contributed by atoms with Crippen molar-refractivity contribution in [2.24, 2.45) is 10.7 Å². The van der Waals surface area contributed by atoms with Crippen LogP contribution < -0.4 is 10.5 Å². The number of ether oxygens (including phenoxy) is 1. The first-order valence-electron chi connectivity index (χ1n) is 7.39. The fourth-order valence-electron chi connectivity index (χ4n) is 2.57. The van der Waals surface area contributed by atoms with Crippen molar-refractivity contribution in [3.8, 4) is 11.5 Å². The van der Waals surface area contributed by atoms with E-state index >= 15 is 0 Å². The van der Waals surface area contributed by atoms with Crippen molar-refractivity contribution in [3.05, 3.63) is 59.7 Å². The van der Waals surface area contributed by atoms with Crippen LogP contribution in [-0.2, 0) is 5.54 Å². The maximum Gasteiger partial charge on any atom is 0.154 e. The Kier molecular flexibility index (Phi) is 4.12. The molecule has 1 aliphatic rings. The Balaban J connectivity index is 1.81. The highest BCUT2D eigenvalue weighted by Crippen LogP contribution is 2.36. The molecule has 0 bridgehead atoms. The number of nitrogens with zero attached hydrogens (tertiary/aromatic N) is 1. The minimum absolute atomic E-state index is 0.226. The van der Waals surface area contributed by atoms with Gasteiger partial charge in [-0.25, -0.2) is 0 Å². The molecule has 2 aromatic rings. The van der Waals surface area contributed by atoms with Crippen molar-refractivity contribution >= 4 is 16.9 Å². The Morgan fingerprint density at radius 1 is 1.14 bits per heavy atom. The van der Waals surface area contributed by atoms with Gasteiger partial charge in [-0.3, -0.25) is 4.99 Å². The number of aryl methyl sites for hydroxylation is 1. The maximum absolute atomic E-state index is 5.94. The van der Waals surface area contributed by atoms with Crippen LogP contribution in [0.15, 0.2) is 53.5 Å². The van der Waals surface area contributed by atoms with E-state index in [1.807, 2.05) is 43.3 Å². The Labute approximate surface area is 135 Å². The Bertz CT molecular complexity index is 696. The summed E-state index contributed by atoms with van der Waals surface area (Å²) in [4.78, 5) is 4.63. The number of hydrogen-bond donors (Lipinski definition) is 1. The fourth-order valence-corrected chi connectivity index (χ4v) is 3.55. The highest BCUT2D eigenvalue weighted by molar-refractivity contribution is 8.13. The number of hydrogen-bond acceptors (Lipinski definition) is 4. The molecule has 3 nitrogen and oxygen atoms in total. The van der Waals surface area contributed by atoms with Crippen molar-refractivity contribution < 1.29 is 4.74 Å². The Hall–Kier alpha value is -1.94. The molecule has 2 aromatic carbocycles. The third kappa shape index (κ3) is 3.12. The average Bonchev–Trinajstić information content (AvgIpc) is 2.50. The second-order valence-electron chi connectivity index (χ2n) is 5.71. The van der Waals surface area contributed by atoms with E-state index in [1.54, 1.807) is 11.8 Å². The maximum atomic E-state index is 5.94. The number of nitrogens with two attached hydrogens (primary N) is 1. The van der Waals surface area contributed by atoms with Gasteiger partial charge in [-0.2, -0.15) is 0 Å². The van der Waals surface area contributed by atoms with Crippen LogP contribution in [0.2, 0.25) is 0 Å². The van der Waals surface area contributed by atoms with Crippen LogP contribution in [0.5, 0.6) is 11.5 Å². The van der Waals surface area contributed by atoms with Gasteiger partial charge >= 0.3 is 0 Å². The highest BCUT2D eigenvalue weighted by atomic mass is 32.2. The van der Waals surface area contributed by atoms with Gasteiger partial charge in [0.2, 0.25) is 0 Å². The van der Waals surface area contributed by atoms with Crippen molar-refractivity contribution in [2.75, 3.05) is 5.75 Å². The quantitative estimate of drug-likeness (QED) is 0.910. The predicted molar refractivity (Wildman–Crippen MR) is 93.7 cm³/mol. The zero-order valence-corrected chi connectivity index (χ0v) is 13.7. The lowest BCUT2D eigenvalue weighted by atomic mass is 9.90. The second kappa shape index (κ2) is 6.05. The topological polar surface area (TPSA) is 47.6 Å². The van der Waals surface area contributed by atoms with E-state index in [2.05, 4.69) is 24.0 Å². The van der Waals surface area contributed by atoms with Gasteiger partial charge in [0.25, 0.3) is 0 Å². The van der Waals surface area contributed by atoms with E-state index in [0.717, 1.165) is 29.2 Å². The number of aliphatic imine (C=N–C) groups is 1. The minimum atomic E-state index is -0.226. The van der Waals surface area contributed by atoms with Crippen LogP contribution in [0.25, 0.3) is 0 Å². The van der Waals surface area contributed by atoms with E-state index < -0.39 is 0 Å². The summed E-state index contributed by atoms with van der Waals surface area (Å²) in [6.07, 6.45) is 0.996. The molecule has 0 spiro atoms. The van der Waals surface area contributed by atoms with Gasteiger partial charge in [-0.1, -0.05) is 42.1 Å². The first-order chi connectivity index (χ1) is 10.6. The minimum Gasteiger partial charge on any atom is -0.457 e. The van der Waals surface area contributed by atoms with Crippen molar-refractivity contribution in [1.82, 2.24) is 0 Å². The Morgan fingerprint density at radius 2 is 1.86 bits per heavy atom. The molecule has 4 heteroatoms. The number of benzene rings is 2. The zero-order chi connectivity index (χ0) is 15.6. The number of rotatable bonds is 3. The summed E-state index contributed by atoms with van der Waals surface area (Å²) < 4.78 is 5.94.